The van der Waals surface area contributed by atoms with E-state index in [9.17, 15) is 4.79 Å². The maximum absolute atomic E-state index is 11.6. The van der Waals surface area contributed by atoms with Gasteiger partial charge in [0.05, 0.1) is 12.0 Å². The number of ether oxygens (including phenoxy) is 1. The maximum atomic E-state index is 11.6. The van der Waals surface area contributed by atoms with Crippen molar-refractivity contribution in [3.8, 4) is 0 Å². The molecular formula is C12H24N2O2. The zero-order valence-corrected chi connectivity index (χ0v) is 10.5. The Balaban J connectivity index is 2.06. The molecule has 0 unspecified atom stereocenters. The number of nitrogens with one attached hydrogen (secondary N) is 2. The summed E-state index contributed by atoms with van der Waals surface area (Å²) in [4.78, 5) is 11.6. The van der Waals surface area contributed by atoms with E-state index in [0.29, 0.717) is 6.42 Å². The minimum atomic E-state index is -0.147. The second kappa shape index (κ2) is 6.86. The lowest BCUT2D eigenvalue weighted by Gasteiger charge is -2.39. The Morgan fingerprint density at radius 2 is 2.12 bits per heavy atom. The number of carbonyl (C=O) groups excluding carboxylic acids is 1. The summed E-state index contributed by atoms with van der Waals surface area (Å²) in [5.74, 6) is 0.123. The third kappa shape index (κ3) is 4.10. The highest BCUT2D eigenvalue weighted by atomic mass is 16.5. The quantitative estimate of drug-likeness (QED) is 0.611. The molecule has 1 aliphatic rings. The van der Waals surface area contributed by atoms with Crippen LogP contribution in [0.2, 0.25) is 0 Å². The van der Waals surface area contributed by atoms with E-state index in [0.717, 1.165) is 38.9 Å². The SMILES string of the molecule is CCNCCCNC(=O)CC1(OC)CCC1. The average Bonchev–Trinajstić information content (AvgIpc) is 2.23. The lowest BCUT2D eigenvalue weighted by atomic mass is 9.77. The Labute approximate surface area is 98.1 Å². The fraction of sp³-hybridized carbons (Fsp3) is 0.917. The molecular weight excluding hydrogens is 204 g/mol. The molecule has 0 spiro atoms. The molecule has 0 aromatic heterocycles. The second-order valence-corrected chi connectivity index (χ2v) is 4.47. The predicted octanol–water partition coefficient (Wildman–Crippen LogP) is 1.06. The van der Waals surface area contributed by atoms with Crippen LogP contribution in [0.1, 0.15) is 39.0 Å². The topological polar surface area (TPSA) is 50.4 Å². The van der Waals surface area contributed by atoms with Crippen LogP contribution in [0.4, 0.5) is 0 Å². The molecule has 1 rings (SSSR count). The normalized spacial score (nSPS) is 17.9. The van der Waals surface area contributed by atoms with Gasteiger partial charge in [-0.2, -0.15) is 0 Å². The highest BCUT2D eigenvalue weighted by Crippen LogP contribution is 2.37. The molecule has 2 N–H and O–H groups in total. The summed E-state index contributed by atoms with van der Waals surface area (Å²) in [6.45, 7) is 4.79. The molecule has 1 fully saturated rings. The Morgan fingerprint density at radius 1 is 1.38 bits per heavy atom. The van der Waals surface area contributed by atoms with Crippen molar-refractivity contribution < 1.29 is 9.53 Å². The first kappa shape index (κ1) is 13.5. The molecule has 94 valence electrons. The zero-order chi connectivity index (χ0) is 11.9. The summed E-state index contributed by atoms with van der Waals surface area (Å²) in [5, 5.41) is 6.17. The van der Waals surface area contributed by atoms with E-state index in [2.05, 4.69) is 17.6 Å². The van der Waals surface area contributed by atoms with Gasteiger partial charge in [-0.25, -0.2) is 0 Å². The molecule has 0 heterocycles. The first-order valence-corrected chi connectivity index (χ1v) is 6.25. The van der Waals surface area contributed by atoms with Gasteiger partial charge in [0, 0.05) is 13.7 Å². The van der Waals surface area contributed by atoms with E-state index < -0.39 is 0 Å². The molecule has 0 bridgehead atoms. The van der Waals surface area contributed by atoms with E-state index in [4.69, 9.17) is 4.74 Å². The van der Waals surface area contributed by atoms with Crippen molar-refractivity contribution in [3.63, 3.8) is 0 Å². The Bertz CT molecular complexity index is 210. The van der Waals surface area contributed by atoms with E-state index in [-0.39, 0.29) is 11.5 Å². The van der Waals surface area contributed by atoms with Crippen LogP contribution in [0.25, 0.3) is 0 Å². The van der Waals surface area contributed by atoms with Crippen molar-refractivity contribution >= 4 is 5.91 Å². The van der Waals surface area contributed by atoms with Crippen molar-refractivity contribution in [3.05, 3.63) is 0 Å². The minimum Gasteiger partial charge on any atom is -0.378 e. The van der Waals surface area contributed by atoms with Gasteiger partial charge >= 0.3 is 0 Å². The Hall–Kier alpha value is -0.610. The molecule has 0 radical (unpaired) electrons. The molecule has 1 saturated carbocycles. The third-order valence-corrected chi connectivity index (χ3v) is 3.28. The zero-order valence-electron chi connectivity index (χ0n) is 10.5. The van der Waals surface area contributed by atoms with Gasteiger partial charge in [0.25, 0.3) is 0 Å². The third-order valence-electron chi connectivity index (χ3n) is 3.28. The summed E-state index contributed by atoms with van der Waals surface area (Å²) >= 11 is 0. The van der Waals surface area contributed by atoms with Gasteiger partial charge in [-0.15, -0.1) is 0 Å². The largest absolute Gasteiger partial charge is 0.378 e. The van der Waals surface area contributed by atoms with Gasteiger partial charge in [-0.05, 0) is 38.8 Å². The Morgan fingerprint density at radius 3 is 2.62 bits per heavy atom. The standard InChI is InChI=1S/C12H24N2O2/c1-3-13-8-5-9-14-11(15)10-12(16-2)6-4-7-12/h13H,3-10H2,1-2H3,(H,14,15). The van der Waals surface area contributed by atoms with Crippen molar-refractivity contribution in [2.45, 2.75) is 44.6 Å². The maximum Gasteiger partial charge on any atom is 0.222 e. The summed E-state index contributed by atoms with van der Waals surface area (Å²) < 4.78 is 5.42. The van der Waals surface area contributed by atoms with Gasteiger partial charge in [0.1, 0.15) is 0 Å². The predicted molar refractivity (Wildman–Crippen MR) is 64.4 cm³/mol. The number of hydrogen-bond acceptors (Lipinski definition) is 3. The van der Waals surface area contributed by atoms with Crippen molar-refractivity contribution in [2.24, 2.45) is 0 Å². The fourth-order valence-corrected chi connectivity index (χ4v) is 2.00. The highest BCUT2D eigenvalue weighted by Gasteiger charge is 2.38. The van der Waals surface area contributed by atoms with Crippen LogP contribution in [-0.2, 0) is 9.53 Å². The van der Waals surface area contributed by atoms with Crippen LogP contribution >= 0.6 is 0 Å². The number of rotatable bonds is 8. The van der Waals surface area contributed by atoms with Gasteiger partial charge in [0.15, 0.2) is 0 Å². The summed E-state index contributed by atoms with van der Waals surface area (Å²) in [7, 11) is 1.71. The number of hydrogen-bond donors (Lipinski definition) is 2. The van der Waals surface area contributed by atoms with Crippen LogP contribution in [0.5, 0.6) is 0 Å². The molecule has 1 aliphatic carbocycles. The minimum absolute atomic E-state index is 0.123. The summed E-state index contributed by atoms with van der Waals surface area (Å²) in [6.07, 6.45) is 4.73. The molecule has 0 aromatic carbocycles. The van der Waals surface area contributed by atoms with E-state index in [1.54, 1.807) is 7.11 Å². The number of carbonyl (C=O) groups is 1. The van der Waals surface area contributed by atoms with Crippen LogP contribution in [0.15, 0.2) is 0 Å². The molecule has 0 aliphatic heterocycles. The van der Waals surface area contributed by atoms with Crippen molar-refractivity contribution in [1.29, 1.82) is 0 Å². The highest BCUT2D eigenvalue weighted by molar-refractivity contribution is 5.77. The molecule has 0 atom stereocenters. The van der Waals surface area contributed by atoms with Crippen LogP contribution in [0.3, 0.4) is 0 Å². The lowest BCUT2D eigenvalue weighted by Crippen LogP contribution is -2.44. The summed E-state index contributed by atoms with van der Waals surface area (Å²) in [5.41, 5.74) is -0.147. The Kier molecular flexibility index (Phi) is 5.77. The van der Waals surface area contributed by atoms with Gasteiger partial charge < -0.3 is 15.4 Å². The van der Waals surface area contributed by atoms with Gasteiger partial charge in [-0.1, -0.05) is 6.92 Å². The number of amides is 1. The van der Waals surface area contributed by atoms with Crippen molar-refractivity contribution in [1.82, 2.24) is 10.6 Å². The van der Waals surface area contributed by atoms with Crippen molar-refractivity contribution in [2.75, 3.05) is 26.7 Å². The van der Waals surface area contributed by atoms with E-state index in [1.807, 2.05) is 0 Å². The first-order chi connectivity index (χ1) is 7.72. The monoisotopic (exact) mass is 228 g/mol. The molecule has 16 heavy (non-hydrogen) atoms. The first-order valence-electron chi connectivity index (χ1n) is 6.25. The molecule has 0 saturated heterocycles. The molecule has 4 heteroatoms. The fourth-order valence-electron chi connectivity index (χ4n) is 2.00. The molecule has 1 amide bonds. The second-order valence-electron chi connectivity index (χ2n) is 4.47. The van der Waals surface area contributed by atoms with E-state index >= 15 is 0 Å². The smallest absolute Gasteiger partial charge is 0.222 e. The lowest BCUT2D eigenvalue weighted by molar-refractivity contribution is -0.134. The summed E-state index contributed by atoms with van der Waals surface area (Å²) in [6, 6.07) is 0. The van der Waals surface area contributed by atoms with Gasteiger partial charge in [0.2, 0.25) is 5.91 Å². The van der Waals surface area contributed by atoms with E-state index in [1.165, 1.54) is 6.42 Å². The average molecular weight is 228 g/mol. The van der Waals surface area contributed by atoms with Crippen LogP contribution in [0, 0.1) is 0 Å². The molecule has 4 nitrogen and oxygen atoms in total. The van der Waals surface area contributed by atoms with Crippen LogP contribution < -0.4 is 10.6 Å². The number of methoxy groups -OCH3 is 1. The van der Waals surface area contributed by atoms with Crippen LogP contribution in [-0.4, -0.2) is 38.3 Å². The molecule has 0 aromatic rings. The van der Waals surface area contributed by atoms with Gasteiger partial charge in [-0.3, -0.25) is 4.79 Å².